The van der Waals surface area contributed by atoms with Crippen LogP contribution in [0.3, 0.4) is 0 Å². The molecule has 0 fully saturated rings. The highest BCUT2D eigenvalue weighted by Crippen LogP contribution is 2.07. The standard InChI is InChI=1S/C18H35N7O2/c1-8-9-10-14(11-21-17(26)27-18(3,4)5)22-16(19-6)20-12-15-24-23-13(2)25(15)7/h14H,8-12H2,1-7H3,(H,21,26)(H2,19,20,22). The first-order valence-electron chi connectivity index (χ1n) is 9.45. The Balaban J connectivity index is 2.58. The van der Waals surface area contributed by atoms with Crippen LogP contribution in [-0.4, -0.2) is 52.1 Å². The molecule has 0 bridgehead atoms. The van der Waals surface area contributed by atoms with Gasteiger partial charge in [0.2, 0.25) is 0 Å². The van der Waals surface area contributed by atoms with Crippen molar-refractivity contribution in [1.29, 1.82) is 0 Å². The van der Waals surface area contributed by atoms with Crippen LogP contribution in [0, 0.1) is 6.92 Å². The zero-order valence-corrected chi connectivity index (χ0v) is 17.7. The lowest BCUT2D eigenvalue weighted by molar-refractivity contribution is 0.0523. The minimum absolute atomic E-state index is 0.0462. The highest BCUT2D eigenvalue weighted by Gasteiger charge is 2.18. The number of amides is 1. The molecule has 3 N–H and O–H groups in total. The smallest absolute Gasteiger partial charge is 0.407 e. The molecule has 9 nitrogen and oxygen atoms in total. The minimum Gasteiger partial charge on any atom is -0.444 e. The maximum atomic E-state index is 11.9. The summed E-state index contributed by atoms with van der Waals surface area (Å²) in [7, 11) is 3.65. The lowest BCUT2D eigenvalue weighted by Gasteiger charge is -2.24. The van der Waals surface area contributed by atoms with E-state index < -0.39 is 11.7 Å². The largest absolute Gasteiger partial charge is 0.444 e. The van der Waals surface area contributed by atoms with Gasteiger partial charge in [0.05, 0.1) is 6.54 Å². The number of aliphatic imine (C=N–C) groups is 1. The number of hydrogen-bond acceptors (Lipinski definition) is 5. The molecule has 1 rings (SSSR count). The second kappa shape index (κ2) is 10.7. The van der Waals surface area contributed by atoms with E-state index in [9.17, 15) is 4.79 Å². The Hall–Kier alpha value is -2.32. The molecule has 0 saturated carbocycles. The van der Waals surface area contributed by atoms with Gasteiger partial charge >= 0.3 is 6.09 Å². The Labute approximate surface area is 162 Å². The first kappa shape index (κ1) is 22.7. The number of ether oxygens (including phenoxy) is 1. The van der Waals surface area contributed by atoms with Crippen LogP contribution in [-0.2, 0) is 18.3 Å². The predicted octanol–water partition coefficient (Wildman–Crippen LogP) is 1.87. The van der Waals surface area contributed by atoms with E-state index in [-0.39, 0.29) is 6.04 Å². The number of hydrogen-bond donors (Lipinski definition) is 3. The summed E-state index contributed by atoms with van der Waals surface area (Å²) >= 11 is 0. The molecule has 1 unspecified atom stereocenters. The van der Waals surface area contributed by atoms with Gasteiger partial charge in [0.1, 0.15) is 11.4 Å². The van der Waals surface area contributed by atoms with Crippen molar-refractivity contribution in [2.75, 3.05) is 13.6 Å². The summed E-state index contributed by atoms with van der Waals surface area (Å²) in [6, 6.07) is 0.0462. The summed E-state index contributed by atoms with van der Waals surface area (Å²) < 4.78 is 7.23. The van der Waals surface area contributed by atoms with Crippen LogP contribution in [0.1, 0.15) is 58.6 Å². The van der Waals surface area contributed by atoms with E-state index in [0.29, 0.717) is 19.0 Å². The molecule has 0 aliphatic heterocycles. The Morgan fingerprint density at radius 2 is 2.00 bits per heavy atom. The zero-order valence-electron chi connectivity index (χ0n) is 17.7. The molecule has 0 spiro atoms. The van der Waals surface area contributed by atoms with Crippen molar-refractivity contribution in [3.05, 3.63) is 11.6 Å². The highest BCUT2D eigenvalue weighted by atomic mass is 16.6. The normalized spacial score (nSPS) is 13.2. The molecule has 1 aromatic rings. The monoisotopic (exact) mass is 381 g/mol. The van der Waals surface area contributed by atoms with Gasteiger partial charge in [-0.3, -0.25) is 4.99 Å². The third kappa shape index (κ3) is 8.74. The summed E-state index contributed by atoms with van der Waals surface area (Å²) in [5.41, 5.74) is -0.512. The van der Waals surface area contributed by atoms with Crippen molar-refractivity contribution in [3.8, 4) is 0 Å². The van der Waals surface area contributed by atoms with Crippen LogP contribution >= 0.6 is 0 Å². The summed E-state index contributed by atoms with van der Waals surface area (Å²) in [5, 5.41) is 17.6. The number of carbonyl (C=O) groups excluding carboxylic acids is 1. The van der Waals surface area contributed by atoms with Crippen molar-refractivity contribution in [2.24, 2.45) is 12.0 Å². The minimum atomic E-state index is -0.512. The van der Waals surface area contributed by atoms with Crippen molar-refractivity contribution in [3.63, 3.8) is 0 Å². The number of unbranched alkanes of at least 4 members (excludes halogenated alkanes) is 1. The van der Waals surface area contributed by atoms with E-state index in [1.54, 1.807) is 7.05 Å². The van der Waals surface area contributed by atoms with E-state index in [0.717, 1.165) is 30.9 Å². The second-order valence-corrected chi connectivity index (χ2v) is 7.51. The number of nitrogens with one attached hydrogen (secondary N) is 3. The fourth-order valence-electron chi connectivity index (χ4n) is 2.35. The van der Waals surface area contributed by atoms with Gasteiger partial charge in [-0.15, -0.1) is 10.2 Å². The SMILES string of the molecule is CCCCC(CNC(=O)OC(C)(C)C)NC(=NC)NCc1nnc(C)n1C. The Morgan fingerprint density at radius 1 is 1.30 bits per heavy atom. The number of aromatic nitrogens is 3. The Bertz CT molecular complexity index is 620. The van der Waals surface area contributed by atoms with Crippen LogP contribution in [0.25, 0.3) is 0 Å². The van der Waals surface area contributed by atoms with Gasteiger partial charge in [-0.2, -0.15) is 0 Å². The summed E-state index contributed by atoms with van der Waals surface area (Å²) in [6.45, 7) is 10.6. The fraction of sp³-hybridized carbons (Fsp3) is 0.778. The third-order valence-corrected chi connectivity index (χ3v) is 3.96. The molecule has 0 aromatic carbocycles. The van der Waals surface area contributed by atoms with Crippen molar-refractivity contribution >= 4 is 12.1 Å². The maximum Gasteiger partial charge on any atom is 0.407 e. The van der Waals surface area contributed by atoms with E-state index in [2.05, 4.69) is 38.1 Å². The zero-order chi connectivity index (χ0) is 20.4. The summed E-state index contributed by atoms with van der Waals surface area (Å²) in [6.07, 6.45) is 2.63. The second-order valence-electron chi connectivity index (χ2n) is 7.51. The molecule has 0 aliphatic carbocycles. The first-order valence-corrected chi connectivity index (χ1v) is 9.45. The molecule has 27 heavy (non-hydrogen) atoms. The number of rotatable bonds is 8. The predicted molar refractivity (Wildman–Crippen MR) is 107 cm³/mol. The molecule has 0 aliphatic rings. The molecule has 154 valence electrons. The number of nitrogens with zero attached hydrogens (tertiary/aromatic N) is 4. The Kier molecular flexibility index (Phi) is 9.04. The van der Waals surface area contributed by atoms with Gasteiger partial charge in [0, 0.05) is 26.7 Å². The van der Waals surface area contributed by atoms with Gasteiger partial charge in [0.15, 0.2) is 11.8 Å². The molecule has 1 amide bonds. The first-order chi connectivity index (χ1) is 12.7. The number of carbonyl (C=O) groups is 1. The lowest BCUT2D eigenvalue weighted by atomic mass is 10.1. The van der Waals surface area contributed by atoms with Crippen molar-refractivity contribution < 1.29 is 9.53 Å². The summed E-state index contributed by atoms with van der Waals surface area (Å²) in [5.74, 6) is 2.34. The molecule has 1 atom stereocenters. The van der Waals surface area contributed by atoms with E-state index in [1.807, 2.05) is 39.3 Å². The van der Waals surface area contributed by atoms with Crippen LogP contribution in [0.5, 0.6) is 0 Å². The van der Waals surface area contributed by atoms with Crippen LogP contribution < -0.4 is 16.0 Å². The molecule has 1 aromatic heterocycles. The molecule has 0 radical (unpaired) electrons. The lowest BCUT2D eigenvalue weighted by Crippen LogP contribution is -2.49. The van der Waals surface area contributed by atoms with Gasteiger partial charge in [-0.05, 0) is 34.1 Å². The van der Waals surface area contributed by atoms with E-state index in [4.69, 9.17) is 4.74 Å². The van der Waals surface area contributed by atoms with Crippen LogP contribution in [0.15, 0.2) is 4.99 Å². The molecule has 1 heterocycles. The molecular weight excluding hydrogens is 346 g/mol. The summed E-state index contributed by atoms with van der Waals surface area (Å²) in [4.78, 5) is 16.2. The van der Waals surface area contributed by atoms with Crippen LogP contribution in [0.2, 0.25) is 0 Å². The fourth-order valence-corrected chi connectivity index (χ4v) is 2.35. The van der Waals surface area contributed by atoms with Gasteiger partial charge in [-0.25, -0.2) is 4.79 Å². The maximum absolute atomic E-state index is 11.9. The number of alkyl carbamates (subject to hydrolysis) is 1. The number of aryl methyl sites for hydroxylation is 1. The van der Waals surface area contributed by atoms with E-state index in [1.165, 1.54) is 0 Å². The number of guanidine groups is 1. The van der Waals surface area contributed by atoms with Gasteiger partial charge in [0.25, 0.3) is 0 Å². The third-order valence-electron chi connectivity index (χ3n) is 3.96. The van der Waals surface area contributed by atoms with Gasteiger partial charge < -0.3 is 25.3 Å². The average molecular weight is 382 g/mol. The highest BCUT2D eigenvalue weighted by molar-refractivity contribution is 5.80. The molecular formula is C18H35N7O2. The topological polar surface area (TPSA) is 105 Å². The molecule has 0 saturated heterocycles. The van der Waals surface area contributed by atoms with Crippen molar-refractivity contribution in [1.82, 2.24) is 30.7 Å². The Morgan fingerprint density at radius 3 is 2.52 bits per heavy atom. The average Bonchev–Trinajstić information content (AvgIpc) is 2.90. The quantitative estimate of drug-likeness (QED) is 0.469. The molecule has 9 heteroatoms. The van der Waals surface area contributed by atoms with E-state index >= 15 is 0 Å². The van der Waals surface area contributed by atoms with Crippen molar-refractivity contribution in [2.45, 2.75) is 72.1 Å². The van der Waals surface area contributed by atoms with Gasteiger partial charge in [-0.1, -0.05) is 19.8 Å². The van der Waals surface area contributed by atoms with Crippen LogP contribution in [0.4, 0.5) is 4.79 Å².